The fraction of sp³-hybridized carbons (Fsp3) is 0.286. The lowest BCUT2D eigenvalue weighted by atomic mass is 10.2. The van der Waals surface area contributed by atoms with E-state index in [4.69, 9.17) is 5.11 Å². The minimum Gasteiger partial charge on any atom is -0.394 e. The van der Waals surface area contributed by atoms with Gasteiger partial charge in [0.05, 0.1) is 12.4 Å². The van der Waals surface area contributed by atoms with E-state index in [9.17, 15) is 4.79 Å². The summed E-state index contributed by atoms with van der Waals surface area (Å²) in [4.78, 5) is 16.0. The van der Waals surface area contributed by atoms with E-state index in [0.29, 0.717) is 5.75 Å². The first-order valence-electron chi connectivity index (χ1n) is 6.07. The highest BCUT2D eigenvalue weighted by atomic mass is 32.2. The van der Waals surface area contributed by atoms with Gasteiger partial charge in [0.1, 0.15) is 5.03 Å². The number of nitrogens with one attached hydrogen (secondary N) is 1. The van der Waals surface area contributed by atoms with E-state index in [1.54, 1.807) is 13.1 Å². The maximum Gasteiger partial charge on any atom is 0.230 e. The second kappa shape index (κ2) is 6.54. The largest absolute Gasteiger partial charge is 0.394 e. The van der Waals surface area contributed by atoms with Gasteiger partial charge in [-0.3, -0.25) is 4.79 Å². The highest BCUT2D eigenvalue weighted by Gasteiger charge is 2.09. The molecule has 100 valence electrons. The lowest BCUT2D eigenvalue weighted by Gasteiger charge is -2.10. The fourth-order valence-corrected chi connectivity index (χ4v) is 2.53. The molecule has 5 heteroatoms. The van der Waals surface area contributed by atoms with Gasteiger partial charge in [0.15, 0.2) is 0 Å². The molecule has 2 rings (SSSR count). The first-order chi connectivity index (χ1) is 9.20. The van der Waals surface area contributed by atoms with Crippen LogP contribution in [-0.2, 0) is 4.79 Å². The molecular formula is C14H16N2O2S. The fourth-order valence-electron chi connectivity index (χ4n) is 1.70. The predicted molar refractivity (Wildman–Crippen MR) is 77.2 cm³/mol. The van der Waals surface area contributed by atoms with Crippen LogP contribution in [0.3, 0.4) is 0 Å². The number of rotatable bonds is 5. The molecule has 4 nitrogen and oxygen atoms in total. The Morgan fingerprint density at radius 2 is 2.21 bits per heavy atom. The zero-order chi connectivity index (χ0) is 13.7. The zero-order valence-electron chi connectivity index (χ0n) is 10.7. The Bertz CT molecular complexity index is 569. The quantitative estimate of drug-likeness (QED) is 0.818. The van der Waals surface area contributed by atoms with Crippen molar-refractivity contribution in [3.8, 4) is 0 Å². The maximum atomic E-state index is 11.7. The number of nitrogens with zero attached hydrogens (tertiary/aromatic N) is 1. The smallest absolute Gasteiger partial charge is 0.230 e. The van der Waals surface area contributed by atoms with Crippen molar-refractivity contribution in [1.29, 1.82) is 0 Å². The molecule has 0 saturated heterocycles. The summed E-state index contributed by atoms with van der Waals surface area (Å²) in [6.45, 7) is 1.71. The highest BCUT2D eigenvalue weighted by molar-refractivity contribution is 8.00. The molecule has 1 atom stereocenters. The third-order valence-corrected chi connectivity index (χ3v) is 3.66. The Labute approximate surface area is 116 Å². The van der Waals surface area contributed by atoms with Crippen LogP contribution in [0.4, 0.5) is 0 Å². The highest BCUT2D eigenvalue weighted by Crippen LogP contribution is 2.25. The molecule has 1 aromatic carbocycles. The van der Waals surface area contributed by atoms with Crippen molar-refractivity contribution in [1.82, 2.24) is 10.3 Å². The number of fused-ring (bicyclic) bond motifs is 1. The van der Waals surface area contributed by atoms with Crippen molar-refractivity contribution >= 4 is 28.4 Å². The van der Waals surface area contributed by atoms with E-state index < -0.39 is 0 Å². The van der Waals surface area contributed by atoms with Gasteiger partial charge in [-0.25, -0.2) is 4.98 Å². The average Bonchev–Trinajstić information content (AvgIpc) is 2.44. The molecule has 0 bridgehead atoms. The van der Waals surface area contributed by atoms with Gasteiger partial charge in [-0.1, -0.05) is 36.0 Å². The summed E-state index contributed by atoms with van der Waals surface area (Å²) < 4.78 is 0. The number of aliphatic hydroxyl groups is 1. The molecule has 2 aromatic rings. The second-order valence-electron chi connectivity index (χ2n) is 4.28. The van der Waals surface area contributed by atoms with Gasteiger partial charge in [-0.2, -0.15) is 0 Å². The van der Waals surface area contributed by atoms with Crippen LogP contribution in [0.15, 0.2) is 41.6 Å². The van der Waals surface area contributed by atoms with Gasteiger partial charge in [-0.15, -0.1) is 0 Å². The first kappa shape index (κ1) is 13.8. The predicted octanol–water partition coefficient (Wildman–Crippen LogP) is 1.82. The number of benzene rings is 1. The minimum absolute atomic E-state index is 0.0527. The van der Waals surface area contributed by atoms with Crippen molar-refractivity contribution in [2.45, 2.75) is 18.0 Å². The molecule has 19 heavy (non-hydrogen) atoms. The van der Waals surface area contributed by atoms with E-state index in [1.165, 1.54) is 11.8 Å². The van der Waals surface area contributed by atoms with Crippen LogP contribution in [0.1, 0.15) is 6.92 Å². The molecule has 0 aliphatic carbocycles. The first-order valence-corrected chi connectivity index (χ1v) is 7.06. The molecule has 2 N–H and O–H groups in total. The molecule has 1 amide bonds. The van der Waals surface area contributed by atoms with Crippen molar-refractivity contribution in [2.24, 2.45) is 0 Å². The van der Waals surface area contributed by atoms with Gasteiger partial charge < -0.3 is 10.4 Å². The Morgan fingerprint density at radius 1 is 1.42 bits per heavy atom. The number of aliphatic hydroxyl groups excluding tert-OH is 1. The summed E-state index contributed by atoms with van der Waals surface area (Å²) in [5.74, 6) is 0.201. The lowest BCUT2D eigenvalue weighted by Crippen LogP contribution is -2.36. The van der Waals surface area contributed by atoms with Crippen LogP contribution in [0.5, 0.6) is 0 Å². The number of amides is 1. The van der Waals surface area contributed by atoms with E-state index in [1.807, 2.05) is 30.3 Å². The third-order valence-electron chi connectivity index (χ3n) is 2.66. The molecule has 0 radical (unpaired) electrons. The van der Waals surface area contributed by atoms with Crippen LogP contribution in [0.25, 0.3) is 10.8 Å². The standard InChI is InChI=1S/C14H16N2O2S/c1-10(8-17)16-13(18)9-19-14-12-5-3-2-4-11(12)6-7-15-14/h2-7,10,17H,8-9H2,1H3,(H,16,18)/t10-/m0/s1. The van der Waals surface area contributed by atoms with Crippen LogP contribution in [0, 0.1) is 0 Å². The van der Waals surface area contributed by atoms with E-state index in [2.05, 4.69) is 10.3 Å². The van der Waals surface area contributed by atoms with Crippen molar-refractivity contribution < 1.29 is 9.90 Å². The molecule has 0 aliphatic rings. The maximum absolute atomic E-state index is 11.7. The van der Waals surface area contributed by atoms with Crippen molar-refractivity contribution in [3.05, 3.63) is 36.5 Å². The summed E-state index contributed by atoms with van der Waals surface area (Å²) in [6.07, 6.45) is 1.75. The molecule has 1 heterocycles. The molecule has 0 fully saturated rings. The number of hydrogen-bond donors (Lipinski definition) is 2. The number of carbonyl (C=O) groups is 1. The number of carbonyl (C=O) groups excluding carboxylic acids is 1. The molecule has 0 unspecified atom stereocenters. The van der Waals surface area contributed by atoms with Gasteiger partial charge in [-0.05, 0) is 18.4 Å². The summed E-state index contributed by atoms with van der Waals surface area (Å²) >= 11 is 1.41. The van der Waals surface area contributed by atoms with Crippen molar-refractivity contribution in [2.75, 3.05) is 12.4 Å². The number of thioether (sulfide) groups is 1. The average molecular weight is 276 g/mol. The number of aromatic nitrogens is 1. The molecular weight excluding hydrogens is 260 g/mol. The third kappa shape index (κ3) is 3.68. The van der Waals surface area contributed by atoms with Crippen LogP contribution >= 0.6 is 11.8 Å². The van der Waals surface area contributed by atoms with Gasteiger partial charge in [0, 0.05) is 17.6 Å². The summed E-state index contributed by atoms with van der Waals surface area (Å²) in [5, 5.41) is 14.6. The van der Waals surface area contributed by atoms with E-state index in [0.717, 1.165) is 15.8 Å². The molecule has 0 aliphatic heterocycles. The number of hydrogen-bond acceptors (Lipinski definition) is 4. The van der Waals surface area contributed by atoms with Gasteiger partial charge in [0.2, 0.25) is 5.91 Å². The van der Waals surface area contributed by atoms with Gasteiger partial charge in [0.25, 0.3) is 0 Å². The van der Waals surface area contributed by atoms with E-state index in [-0.39, 0.29) is 18.6 Å². The normalized spacial score (nSPS) is 12.3. The molecule has 0 saturated carbocycles. The second-order valence-corrected chi connectivity index (χ2v) is 5.24. The topological polar surface area (TPSA) is 62.2 Å². The Morgan fingerprint density at radius 3 is 3.00 bits per heavy atom. The van der Waals surface area contributed by atoms with Crippen LogP contribution < -0.4 is 5.32 Å². The Balaban J connectivity index is 2.04. The Kier molecular flexibility index (Phi) is 4.76. The Hall–Kier alpha value is -1.59. The molecule has 0 spiro atoms. The monoisotopic (exact) mass is 276 g/mol. The van der Waals surface area contributed by atoms with Gasteiger partial charge >= 0.3 is 0 Å². The van der Waals surface area contributed by atoms with Crippen LogP contribution in [-0.4, -0.2) is 34.4 Å². The van der Waals surface area contributed by atoms with E-state index >= 15 is 0 Å². The summed E-state index contributed by atoms with van der Waals surface area (Å²) in [6, 6.07) is 9.70. The molecule has 1 aromatic heterocycles. The zero-order valence-corrected chi connectivity index (χ0v) is 11.5. The SMILES string of the molecule is C[C@@H](CO)NC(=O)CSc1nccc2ccccc12. The summed E-state index contributed by atoms with van der Waals surface area (Å²) in [5.41, 5.74) is 0. The van der Waals surface area contributed by atoms with Crippen LogP contribution in [0.2, 0.25) is 0 Å². The van der Waals surface area contributed by atoms with Crippen molar-refractivity contribution in [3.63, 3.8) is 0 Å². The minimum atomic E-state index is -0.214. The number of pyridine rings is 1. The lowest BCUT2D eigenvalue weighted by molar-refractivity contribution is -0.119. The summed E-state index contributed by atoms with van der Waals surface area (Å²) in [7, 11) is 0.